The summed E-state index contributed by atoms with van der Waals surface area (Å²) in [5, 5.41) is 4.75. The van der Waals surface area contributed by atoms with Gasteiger partial charge in [-0.1, -0.05) is 6.92 Å². The van der Waals surface area contributed by atoms with Crippen LogP contribution in [0.5, 0.6) is 0 Å². The minimum atomic E-state index is -4.55. The molecule has 2 aromatic rings. The minimum Gasteiger partial charge on any atom is -0.383 e. The van der Waals surface area contributed by atoms with Gasteiger partial charge in [0.15, 0.2) is 0 Å². The molecule has 1 saturated heterocycles. The molecule has 0 spiro atoms. The average Bonchev–Trinajstić information content (AvgIpc) is 3.08. The van der Waals surface area contributed by atoms with E-state index in [0.717, 1.165) is 37.9 Å². The lowest BCUT2D eigenvalue weighted by molar-refractivity contribution is -0.137. The summed E-state index contributed by atoms with van der Waals surface area (Å²) in [6.07, 6.45) is 0.0822. The third-order valence-electron chi connectivity index (χ3n) is 7.93. The van der Waals surface area contributed by atoms with E-state index in [9.17, 15) is 13.2 Å². The molecule has 0 bridgehead atoms. The molecule has 0 radical (unpaired) electrons. The van der Waals surface area contributed by atoms with Crippen LogP contribution in [0.2, 0.25) is 0 Å². The van der Waals surface area contributed by atoms with Crippen LogP contribution in [0, 0.1) is 17.8 Å². The first-order valence-corrected chi connectivity index (χ1v) is 11.9. The number of fused-ring (bicyclic) bond motifs is 1. The number of pyridine rings is 1. The molecule has 9 heteroatoms. The predicted molar refractivity (Wildman–Crippen MR) is 120 cm³/mol. The number of nitrogens with two attached hydrogens (primary N) is 1. The third kappa shape index (κ3) is 4.14. The van der Waals surface area contributed by atoms with Crippen molar-refractivity contribution in [1.29, 1.82) is 0 Å². The summed E-state index contributed by atoms with van der Waals surface area (Å²) in [7, 11) is 2.22. The molecular weight excluding hydrogens is 431 g/mol. The number of nitrogens with zero attached hydrogens (tertiary/aromatic N) is 4. The van der Waals surface area contributed by atoms with Gasteiger partial charge in [0.25, 0.3) is 0 Å². The zero-order valence-corrected chi connectivity index (χ0v) is 19.3. The number of alkyl halides is 3. The van der Waals surface area contributed by atoms with Gasteiger partial charge in [-0.25, -0.2) is 4.98 Å². The molecule has 0 aromatic carbocycles. The second-order valence-corrected chi connectivity index (χ2v) is 10.1. The fraction of sp³-hybridized carbons (Fsp3) is 0.667. The topological polar surface area (TPSA) is 69.2 Å². The lowest BCUT2D eigenvalue weighted by Gasteiger charge is -2.34. The molecule has 6 nitrogen and oxygen atoms in total. The summed E-state index contributed by atoms with van der Waals surface area (Å²) in [5.74, 6) is 1.83. The predicted octanol–water partition coefficient (Wildman–Crippen LogP) is 4.59. The molecule has 3 atom stereocenters. The van der Waals surface area contributed by atoms with E-state index < -0.39 is 17.6 Å². The summed E-state index contributed by atoms with van der Waals surface area (Å²) in [4.78, 5) is 6.29. The first-order valence-electron chi connectivity index (χ1n) is 11.9. The second-order valence-electron chi connectivity index (χ2n) is 10.1. The Morgan fingerprint density at radius 1 is 1.24 bits per heavy atom. The van der Waals surface area contributed by atoms with Gasteiger partial charge < -0.3 is 15.4 Å². The summed E-state index contributed by atoms with van der Waals surface area (Å²) in [6, 6.07) is 3.83. The van der Waals surface area contributed by atoms with E-state index in [4.69, 9.17) is 15.6 Å². The highest BCUT2D eigenvalue weighted by atomic mass is 19.4. The maximum absolute atomic E-state index is 13.4. The standard InChI is InChI=1S/C24H32F3N5O/c1-4-13(2)32-21(8-20(30-32)15-5-19(24(25,26)27)23(28)29-9-15)22-17-6-16(7-18(17)22)31(3)10-14-11-33-12-14/h5,8-9,13-14,16-18,22H,4,6-7,10-12H2,1-3H3,(H2,28,29). The molecule has 180 valence electrons. The Morgan fingerprint density at radius 2 is 1.94 bits per heavy atom. The van der Waals surface area contributed by atoms with Crippen LogP contribution in [0.4, 0.5) is 19.0 Å². The normalized spacial score (nSPS) is 28.1. The second kappa shape index (κ2) is 8.27. The molecule has 3 aliphatic rings. The van der Waals surface area contributed by atoms with E-state index in [-0.39, 0.29) is 6.04 Å². The lowest BCUT2D eigenvalue weighted by atomic mass is 10.0. The molecule has 0 amide bonds. The summed E-state index contributed by atoms with van der Waals surface area (Å²) in [5.41, 5.74) is 6.61. The van der Waals surface area contributed by atoms with E-state index in [0.29, 0.717) is 41.0 Å². The number of hydrogen-bond acceptors (Lipinski definition) is 5. The van der Waals surface area contributed by atoms with Gasteiger partial charge in [0.1, 0.15) is 5.82 Å². The Balaban J connectivity index is 1.37. The average molecular weight is 464 g/mol. The molecule has 2 aromatic heterocycles. The van der Waals surface area contributed by atoms with Crippen molar-refractivity contribution in [3.8, 4) is 11.3 Å². The van der Waals surface area contributed by atoms with Crippen molar-refractivity contribution in [1.82, 2.24) is 19.7 Å². The van der Waals surface area contributed by atoms with Crippen LogP contribution in [0.25, 0.3) is 11.3 Å². The Labute approximate surface area is 192 Å². The first kappa shape index (κ1) is 22.7. The molecular formula is C24H32F3N5O. The minimum absolute atomic E-state index is 0.177. The smallest absolute Gasteiger partial charge is 0.383 e. The maximum atomic E-state index is 13.4. The van der Waals surface area contributed by atoms with Crippen molar-refractivity contribution < 1.29 is 17.9 Å². The van der Waals surface area contributed by atoms with E-state index >= 15 is 0 Å². The number of nitrogen functional groups attached to an aromatic ring is 1. The van der Waals surface area contributed by atoms with E-state index in [1.165, 1.54) is 19.0 Å². The molecule has 1 aliphatic heterocycles. The Kier molecular flexibility index (Phi) is 5.68. The fourth-order valence-corrected chi connectivity index (χ4v) is 5.72. The van der Waals surface area contributed by atoms with Crippen molar-refractivity contribution in [2.75, 3.05) is 32.5 Å². The molecule has 5 rings (SSSR count). The molecule has 2 saturated carbocycles. The zero-order chi connectivity index (χ0) is 23.5. The van der Waals surface area contributed by atoms with Crippen molar-refractivity contribution in [3.63, 3.8) is 0 Å². The van der Waals surface area contributed by atoms with Gasteiger partial charge in [-0.3, -0.25) is 4.68 Å². The fourth-order valence-electron chi connectivity index (χ4n) is 5.72. The van der Waals surface area contributed by atoms with Gasteiger partial charge in [-0.2, -0.15) is 18.3 Å². The number of rotatable bonds is 7. The largest absolute Gasteiger partial charge is 0.419 e. The van der Waals surface area contributed by atoms with Gasteiger partial charge in [0.2, 0.25) is 0 Å². The van der Waals surface area contributed by atoms with Gasteiger partial charge in [0, 0.05) is 47.9 Å². The summed E-state index contributed by atoms with van der Waals surface area (Å²) >= 11 is 0. The molecule has 3 fully saturated rings. The maximum Gasteiger partial charge on any atom is 0.419 e. The SMILES string of the molecule is CCC(C)n1nc(-c2cnc(N)c(C(F)(F)F)c2)cc1C1C2CC(N(C)CC3COC3)CC21. The first-order chi connectivity index (χ1) is 15.7. The van der Waals surface area contributed by atoms with Crippen molar-refractivity contribution >= 4 is 5.82 Å². The summed E-state index contributed by atoms with van der Waals surface area (Å²) in [6.45, 7) is 7.05. The van der Waals surface area contributed by atoms with Crippen molar-refractivity contribution in [2.24, 2.45) is 17.8 Å². The van der Waals surface area contributed by atoms with Crippen LogP contribution in [0.3, 0.4) is 0 Å². The molecule has 3 unspecified atom stereocenters. The molecule has 2 N–H and O–H groups in total. The van der Waals surface area contributed by atoms with Crippen LogP contribution in [-0.4, -0.2) is 52.5 Å². The van der Waals surface area contributed by atoms with Crippen LogP contribution >= 0.6 is 0 Å². The Bertz CT molecular complexity index is 1010. The quantitative estimate of drug-likeness (QED) is 0.651. The number of hydrogen-bond donors (Lipinski definition) is 1. The van der Waals surface area contributed by atoms with Gasteiger partial charge in [-0.15, -0.1) is 0 Å². The van der Waals surface area contributed by atoms with Gasteiger partial charge in [0.05, 0.1) is 24.5 Å². The van der Waals surface area contributed by atoms with Crippen molar-refractivity contribution in [3.05, 3.63) is 29.6 Å². The highest BCUT2D eigenvalue weighted by Gasteiger charge is 2.58. The third-order valence-corrected chi connectivity index (χ3v) is 7.93. The zero-order valence-electron chi connectivity index (χ0n) is 19.3. The highest BCUT2D eigenvalue weighted by Crippen LogP contribution is 2.64. The van der Waals surface area contributed by atoms with Gasteiger partial charge >= 0.3 is 6.18 Å². The van der Waals surface area contributed by atoms with Crippen LogP contribution in [-0.2, 0) is 10.9 Å². The van der Waals surface area contributed by atoms with Crippen LogP contribution in [0.1, 0.15) is 56.3 Å². The van der Waals surface area contributed by atoms with Crippen molar-refractivity contribution in [2.45, 2.75) is 57.3 Å². The van der Waals surface area contributed by atoms with E-state index in [2.05, 4.69) is 30.8 Å². The summed E-state index contributed by atoms with van der Waals surface area (Å²) < 4.78 is 47.4. The molecule has 2 aliphatic carbocycles. The number of halogens is 3. The number of aromatic nitrogens is 3. The van der Waals surface area contributed by atoms with E-state index in [1.54, 1.807) is 0 Å². The highest BCUT2D eigenvalue weighted by molar-refractivity contribution is 5.63. The monoisotopic (exact) mass is 463 g/mol. The van der Waals surface area contributed by atoms with E-state index in [1.807, 2.05) is 10.7 Å². The molecule has 3 heterocycles. The lowest BCUT2D eigenvalue weighted by Crippen LogP contribution is -2.42. The van der Waals surface area contributed by atoms with Crippen LogP contribution in [0.15, 0.2) is 18.3 Å². The van der Waals surface area contributed by atoms with Crippen LogP contribution < -0.4 is 5.73 Å². The van der Waals surface area contributed by atoms with Gasteiger partial charge in [-0.05, 0) is 57.2 Å². The number of ether oxygens (including phenoxy) is 1. The number of anilines is 1. The Hall–Kier alpha value is -2.13. The molecule has 33 heavy (non-hydrogen) atoms. The Morgan fingerprint density at radius 3 is 2.52 bits per heavy atom.